The molecule has 0 spiro atoms. The Bertz CT molecular complexity index is 496. The molecule has 3 heterocycles. The lowest BCUT2D eigenvalue weighted by atomic mass is 10.2. The topological polar surface area (TPSA) is 43.2 Å². The summed E-state index contributed by atoms with van der Waals surface area (Å²) in [6.07, 6.45) is 1.75. The van der Waals surface area contributed by atoms with Crippen molar-refractivity contribution in [2.45, 2.75) is 12.6 Å². The number of morpholine rings is 1. The highest BCUT2D eigenvalue weighted by Gasteiger charge is 2.25. The van der Waals surface area contributed by atoms with Crippen molar-refractivity contribution in [2.75, 3.05) is 19.7 Å². The minimum absolute atomic E-state index is 0.0335. The molecule has 0 aliphatic carbocycles. The summed E-state index contributed by atoms with van der Waals surface area (Å²) in [5.41, 5.74) is 0. The first kappa shape index (κ1) is 11.8. The van der Waals surface area contributed by atoms with Gasteiger partial charge < -0.3 is 9.30 Å². The Morgan fingerprint density at radius 2 is 2.50 bits per heavy atom. The Labute approximate surface area is 110 Å². The maximum absolute atomic E-state index is 5.79. The summed E-state index contributed by atoms with van der Waals surface area (Å²) in [7, 11) is 1.96. The number of thiophene rings is 1. The summed E-state index contributed by atoms with van der Waals surface area (Å²) in [5.74, 6) is 0.908. The molecule has 0 unspecified atom stereocenters. The molecule has 0 bridgehead atoms. The van der Waals surface area contributed by atoms with E-state index < -0.39 is 0 Å². The van der Waals surface area contributed by atoms with Crippen LogP contribution in [0.25, 0.3) is 0 Å². The van der Waals surface area contributed by atoms with Crippen LogP contribution < -0.4 is 0 Å². The van der Waals surface area contributed by atoms with Crippen LogP contribution in [0.1, 0.15) is 16.8 Å². The van der Waals surface area contributed by atoms with Crippen molar-refractivity contribution in [2.24, 2.45) is 7.05 Å². The second-order valence-electron chi connectivity index (χ2n) is 4.47. The van der Waals surface area contributed by atoms with E-state index in [0.29, 0.717) is 0 Å². The Hall–Kier alpha value is -1.24. The molecule has 0 aromatic carbocycles. The highest BCUT2D eigenvalue weighted by molar-refractivity contribution is 7.09. The van der Waals surface area contributed by atoms with Gasteiger partial charge in [0.15, 0.2) is 5.82 Å². The number of rotatable bonds is 3. The van der Waals surface area contributed by atoms with Gasteiger partial charge in [-0.1, -0.05) is 6.07 Å². The molecule has 1 aliphatic rings. The molecule has 2 aromatic rings. The van der Waals surface area contributed by atoms with Crippen LogP contribution in [0.5, 0.6) is 0 Å². The van der Waals surface area contributed by atoms with Gasteiger partial charge in [-0.2, -0.15) is 0 Å². The third kappa shape index (κ3) is 2.45. The van der Waals surface area contributed by atoms with Gasteiger partial charge in [-0.25, -0.2) is 0 Å². The van der Waals surface area contributed by atoms with Crippen molar-refractivity contribution in [3.05, 3.63) is 34.5 Å². The molecule has 18 heavy (non-hydrogen) atoms. The zero-order valence-corrected chi connectivity index (χ0v) is 11.1. The molecule has 0 amide bonds. The smallest absolute Gasteiger partial charge is 0.163 e. The number of aromatic nitrogens is 3. The fourth-order valence-electron chi connectivity index (χ4n) is 2.21. The zero-order valence-electron chi connectivity index (χ0n) is 10.3. The highest BCUT2D eigenvalue weighted by atomic mass is 32.1. The van der Waals surface area contributed by atoms with Crippen LogP contribution in [0, 0.1) is 0 Å². The van der Waals surface area contributed by atoms with E-state index in [1.807, 2.05) is 11.6 Å². The van der Waals surface area contributed by atoms with Crippen LogP contribution in [-0.4, -0.2) is 39.4 Å². The molecule has 0 saturated carbocycles. The number of nitrogens with zero attached hydrogens (tertiary/aromatic N) is 4. The summed E-state index contributed by atoms with van der Waals surface area (Å²) in [6.45, 7) is 3.61. The molecular weight excluding hydrogens is 248 g/mol. The largest absolute Gasteiger partial charge is 0.368 e. The molecule has 0 N–H and O–H groups in total. The SMILES string of the molecule is Cn1cnnc1[C@@H]1CN(Cc2cccs2)CCO1. The van der Waals surface area contributed by atoms with Crippen molar-refractivity contribution >= 4 is 11.3 Å². The summed E-state index contributed by atoms with van der Waals surface area (Å²) < 4.78 is 7.72. The van der Waals surface area contributed by atoms with Crippen molar-refractivity contribution in [3.8, 4) is 0 Å². The number of hydrogen-bond acceptors (Lipinski definition) is 5. The zero-order chi connectivity index (χ0) is 12.4. The van der Waals surface area contributed by atoms with Gasteiger partial charge in [0, 0.05) is 31.6 Å². The van der Waals surface area contributed by atoms with E-state index in [2.05, 4.69) is 32.6 Å². The summed E-state index contributed by atoms with van der Waals surface area (Å²) in [5, 5.41) is 10.2. The van der Waals surface area contributed by atoms with Gasteiger partial charge in [-0.05, 0) is 11.4 Å². The van der Waals surface area contributed by atoms with Gasteiger partial charge in [0.25, 0.3) is 0 Å². The molecular formula is C12H16N4OS. The Kier molecular flexibility index (Phi) is 3.40. The van der Waals surface area contributed by atoms with E-state index in [1.54, 1.807) is 17.7 Å². The van der Waals surface area contributed by atoms with Crippen molar-refractivity contribution in [3.63, 3.8) is 0 Å². The normalized spacial score (nSPS) is 21.3. The quantitative estimate of drug-likeness (QED) is 0.841. The number of hydrogen-bond donors (Lipinski definition) is 0. The van der Waals surface area contributed by atoms with Crippen LogP contribution in [0.15, 0.2) is 23.8 Å². The van der Waals surface area contributed by atoms with Crippen molar-refractivity contribution in [1.82, 2.24) is 19.7 Å². The second-order valence-corrected chi connectivity index (χ2v) is 5.51. The molecule has 6 heteroatoms. The summed E-state index contributed by atoms with van der Waals surface area (Å²) >= 11 is 1.80. The van der Waals surface area contributed by atoms with Crippen LogP contribution in [-0.2, 0) is 18.3 Å². The number of aryl methyl sites for hydroxylation is 1. The van der Waals surface area contributed by atoms with Gasteiger partial charge in [0.05, 0.1) is 6.61 Å². The number of ether oxygens (including phenoxy) is 1. The first-order valence-corrected chi connectivity index (χ1v) is 6.91. The lowest BCUT2D eigenvalue weighted by molar-refractivity contribution is -0.0382. The first-order chi connectivity index (χ1) is 8.83. The molecule has 2 aromatic heterocycles. The van der Waals surface area contributed by atoms with Crippen LogP contribution in [0.4, 0.5) is 0 Å². The first-order valence-electron chi connectivity index (χ1n) is 6.03. The van der Waals surface area contributed by atoms with Gasteiger partial charge in [-0.3, -0.25) is 4.90 Å². The van der Waals surface area contributed by atoms with E-state index in [9.17, 15) is 0 Å². The van der Waals surface area contributed by atoms with E-state index in [-0.39, 0.29) is 6.10 Å². The van der Waals surface area contributed by atoms with Gasteiger partial charge >= 0.3 is 0 Å². The van der Waals surface area contributed by atoms with Gasteiger partial charge in [0.1, 0.15) is 12.4 Å². The molecule has 3 rings (SSSR count). The summed E-state index contributed by atoms with van der Waals surface area (Å²) in [6, 6.07) is 4.28. The molecule has 1 fully saturated rings. The Morgan fingerprint density at radius 3 is 3.22 bits per heavy atom. The van der Waals surface area contributed by atoms with E-state index in [4.69, 9.17) is 4.74 Å². The lowest BCUT2D eigenvalue weighted by Crippen LogP contribution is -2.38. The van der Waals surface area contributed by atoms with E-state index in [1.165, 1.54) is 4.88 Å². The monoisotopic (exact) mass is 264 g/mol. The maximum atomic E-state index is 5.79. The van der Waals surface area contributed by atoms with E-state index in [0.717, 1.165) is 32.1 Å². The Balaban J connectivity index is 1.67. The molecule has 1 saturated heterocycles. The third-order valence-corrected chi connectivity index (χ3v) is 4.01. The molecule has 96 valence electrons. The minimum atomic E-state index is 0.0335. The standard InChI is InChI=1S/C12H16N4OS/c1-15-9-13-14-12(15)11-8-16(4-5-17-11)7-10-3-2-6-18-10/h2-3,6,9,11H,4-5,7-8H2,1H3/t11-/m0/s1. The molecule has 1 aliphatic heterocycles. The van der Waals surface area contributed by atoms with Crippen LogP contribution >= 0.6 is 11.3 Å². The fraction of sp³-hybridized carbons (Fsp3) is 0.500. The predicted octanol–water partition coefficient (Wildman–Crippen LogP) is 1.45. The van der Waals surface area contributed by atoms with Gasteiger partial charge in [-0.15, -0.1) is 21.5 Å². The van der Waals surface area contributed by atoms with Gasteiger partial charge in [0.2, 0.25) is 0 Å². The molecule has 0 radical (unpaired) electrons. The van der Waals surface area contributed by atoms with Crippen molar-refractivity contribution in [1.29, 1.82) is 0 Å². The lowest BCUT2D eigenvalue weighted by Gasteiger charge is -2.31. The van der Waals surface area contributed by atoms with Crippen molar-refractivity contribution < 1.29 is 4.74 Å². The maximum Gasteiger partial charge on any atom is 0.163 e. The molecule has 5 nitrogen and oxygen atoms in total. The highest BCUT2D eigenvalue weighted by Crippen LogP contribution is 2.22. The average molecular weight is 264 g/mol. The predicted molar refractivity (Wildman–Crippen MR) is 69.3 cm³/mol. The molecule has 1 atom stereocenters. The second kappa shape index (κ2) is 5.17. The fourth-order valence-corrected chi connectivity index (χ4v) is 2.96. The third-order valence-electron chi connectivity index (χ3n) is 3.14. The average Bonchev–Trinajstić information content (AvgIpc) is 3.01. The summed E-state index contributed by atoms with van der Waals surface area (Å²) in [4.78, 5) is 3.81. The van der Waals surface area contributed by atoms with Crippen LogP contribution in [0.2, 0.25) is 0 Å². The minimum Gasteiger partial charge on any atom is -0.368 e. The van der Waals surface area contributed by atoms with Crippen LogP contribution in [0.3, 0.4) is 0 Å². The van der Waals surface area contributed by atoms with E-state index >= 15 is 0 Å². The Morgan fingerprint density at radius 1 is 1.56 bits per heavy atom.